The van der Waals surface area contributed by atoms with E-state index in [1.54, 1.807) is 0 Å². The smallest absolute Gasteiger partial charge is 0.269 e. The first-order valence-electron chi connectivity index (χ1n) is 19.0. The Bertz CT molecular complexity index is 2710. The van der Waals surface area contributed by atoms with Crippen molar-refractivity contribution in [1.82, 2.24) is 0 Å². The first-order valence-corrected chi connectivity index (χ1v) is 19.0. The molecule has 0 N–H and O–H groups in total. The molecule has 2 aliphatic heterocycles. The average molecular weight is 677 g/mol. The van der Waals surface area contributed by atoms with Crippen LogP contribution in [0.4, 0.5) is 0 Å². The zero-order valence-corrected chi connectivity index (χ0v) is 31.2. The summed E-state index contributed by atoms with van der Waals surface area (Å²) in [4.78, 5) is 0. The summed E-state index contributed by atoms with van der Waals surface area (Å²) in [6.07, 6.45) is 6.87. The maximum absolute atomic E-state index is 7.28. The van der Waals surface area contributed by atoms with Crippen LogP contribution in [0.1, 0.15) is 85.5 Å². The highest BCUT2D eigenvalue weighted by molar-refractivity contribution is 6.13. The summed E-state index contributed by atoms with van der Waals surface area (Å²) in [5.41, 5.74) is 22.1. The number of aromatic nitrogens is 2. The van der Waals surface area contributed by atoms with Crippen molar-refractivity contribution in [3.63, 3.8) is 0 Å². The Morgan fingerprint density at radius 2 is 1.46 bits per heavy atom. The van der Waals surface area contributed by atoms with E-state index < -0.39 is 0 Å². The van der Waals surface area contributed by atoms with Gasteiger partial charge in [-0.25, -0.2) is 0 Å². The quantitative estimate of drug-likeness (QED) is 0.167. The Kier molecular flexibility index (Phi) is 5.83. The van der Waals surface area contributed by atoms with Gasteiger partial charge in [0, 0.05) is 45.7 Å². The van der Waals surface area contributed by atoms with Crippen LogP contribution in [0.25, 0.3) is 61.2 Å². The molecule has 3 nitrogen and oxygen atoms in total. The molecule has 0 amide bonds. The van der Waals surface area contributed by atoms with Gasteiger partial charge in [-0.15, -0.1) is 0 Å². The Morgan fingerprint density at radius 1 is 0.731 bits per heavy atom. The number of hydrogen-bond donors (Lipinski definition) is 0. The summed E-state index contributed by atoms with van der Waals surface area (Å²) >= 11 is 0. The molecule has 1 saturated carbocycles. The Morgan fingerprint density at radius 3 is 2.25 bits per heavy atom. The second-order valence-corrected chi connectivity index (χ2v) is 17.3. The van der Waals surface area contributed by atoms with E-state index in [0.29, 0.717) is 5.92 Å². The highest BCUT2D eigenvalue weighted by Gasteiger charge is 2.86. The lowest BCUT2D eigenvalue weighted by Crippen LogP contribution is -2.51. The number of allylic oxidation sites excluding steroid dienone is 2. The van der Waals surface area contributed by atoms with Gasteiger partial charge in [-0.1, -0.05) is 80.9 Å². The second-order valence-electron chi connectivity index (χ2n) is 17.3. The van der Waals surface area contributed by atoms with Crippen molar-refractivity contribution in [3.05, 3.63) is 148 Å². The van der Waals surface area contributed by atoms with Crippen molar-refractivity contribution < 1.29 is 13.6 Å². The van der Waals surface area contributed by atoms with Crippen LogP contribution in [0, 0.1) is 19.3 Å². The molecule has 0 bridgehead atoms. The predicted octanol–water partition coefficient (Wildman–Crippen LogP) is 11.1. The maximum Gasteiger partial charge on any atom is 0.269 e. The number of pyridine rings is 2. The summed E-state index contributed by atoms with van der Waals surface area (Å²) in [6.45, 7) is 16.2. The highest BCUT2D eigenvalue weighted by Crippen LogP contribution is 2.71. The fourth-order valence-electron chi connectivity index (χ4n) is 10.8. The maximum atomic E-state index is 7.28. The van der Waals surface area contributed by atoms with E-state index in [4.69, 9.17) is 4.42 Å². The van der Waals surface area contributed by atoms with Crippen LogP contribution < -0.4 is 9.13 Å². The van der Waals surface area contributed by atoms with Gasteiger partial charge in [0.1, 0.15) is 17.1 Å². The molecule has 3 aromatic heterocycles. The third-order valence-electron chi connectivity index (χ3n) is 13.0. The summed E-state index contributed by atoms with van der Waals surface area (Å²) in [7, 11) is 0. The predicted molar refractivity (Wildman–Crippen MR) is 210 cm³/mol. The molecule has 1 spiro atoms. The summed E-state index contributed by atoms with van der Waals surface area (Å²) in [5.74, 6) is 0.293. The molecule has 2 aliphatic carbocycles. The van der Waals surface area contributed by atoms with E-state index in [-0.39, 0.29) is 17.0 Å². The zero-order valence-electron chi connectivity index (χ0n) is 31.2. The van der Waals surface area contributed by atoms with Crippen LogP contribution in [0.2, 0.25) is 0 Å². The minimum Gasteiger partial charge on any atom is -0.454 e. The molecule has 3 atom stereocenters. The lowest BCUT2D eigenvalue weighted by Gasteiger charge is -2.22. The molecule has 5 heterocycles. The van der Waals surface area contributed by atoms with Gasteiger partial charge < -0.3 is 4.42 Å². The van der Waals surface area contributed by atoms with Crippen LogP contribution in [-0.4, -0.2) is 0 Å². The van der Waals surface area contributed by atoms with Crippen LogP contribution in [0.3, 0.4) is 0 Å². The van der Waals surface area contributed by atoms with Crippen molar-refractivity contribution in [3.8, 4) is 33.6 Å². The molecule has 0 radical (unpaired) electrons. The largest absolute Gasteiger partial charge is 0.454 e. The van der Waals surface area contributed by atoms with Gasteiger partial charge in [0.2, 0.25) is 17.4 Å². The van der Waals surface area contributed by atoms with Gasteiger partial charge in [-0.05, 0) is 103 Å². The molecule has 1 fully saturated rings. The molecule has 4 aromatic carbocycles. The van der Waals surface area contributed by atoms with Crippen LogP contribution in [0.15, 0.2) is 113 Å². The van der Waals surface area contributed by atoms with E-state index in [1.165, 1.54) is 94.5 Å². The first kappa shape index (κ1) is 30.4. The number of aryl methyl sites for hydroxylation is 2. The van der Waals surface area contributed by atoms with Gasteiger partial charge in [-0.2, -0.15) is 9.13 Å². The Balaban J connectivity index is 1.29. The van der Waals surface area contributed by atoms with Gasteiger partial charge in [0.25, 0.3) is 5.54 Å². The van der Waals surface area contributed by atoms with Crippen LogP contribution in [0.5, 0.6) is 0 Å². The standard InChI is InChI=1S/C49H44N2O/c1-27-13-12-14-28(2)41(27)37-24-40-43-38(21-20-36-35-19-18-31-23-29(3)30(4)42(31)45(35)52-46(36)43)49(51(40)26-32(37)25-48(5,6)7)44-34-16-9-8-15-33(34)39-17-10-11-22-50(39)47(44)49/h8-22,24,26,44,47H,23,25H2,1-7H3/q+2. The monoisotopic (exact) mass is 676 g/mol. The number of hydrogen-bond acceptors (Lipinski definition) is 1. The molecule has 0 saturated heterocycles. The van der Waals surface area contributed by atoms with Crippen molar-refractivity contribution >= 4 is 27.5 Å². The number of benzene rings is 4. The fourth-order valence-corrected chi connectivity index (χ4v) is 10.8. The van der Waals surface area contributed by atoms with E-state index in [0.717, 1.165) is 24.0 Å². The average Bonchev–Trinajstić information content (AvgIpc) is 3.38. The number of rotatable bonds is 2. The first-order chi connectivity index (χ1) is 25.1. The van der Waals surface area contributed by atoms with E-state index in [1.807, 2.05) is 0 Å². The second kappa shape index (κ2) is 9.98. The van der Waals surface area contributed by atoms with Crippen molar-refractivity contribution in [1.29, 1.82) is 0 Å². The molecule has 254 valence electrons. The van der Waals surface area contributed by atoms with Gasteiger partial charge in [0.05, 0.1) is 11.1 Å². The van der Waals surface area contributed by atoms with E-state index in [9.17, 15) is 0 Å². The van der Waals surface area contributed by atoms with E-state index in [2.05, 4.69) is 161 Å². The minimum absolute atomic E-state index is 0.110. The molecule has 3 heteroatoms. The highest BCUT2D eigenvalue weighted by atomic mass is 16.3. The SMILES string of the molecule is CC1=C(C)c2c(ccc3c2oc2c4c(ccc23)C2(C3c5ccccc5-c5cccc[n+]5C32)[n+]2cc(CC(C)(C)C)c(-c3c(C)cccc3C)cc2-4)C1. The van der Waals surface area contributed by atoms with Crippen LogP contribution >= 0.6 is 0 Å². The topological polar surface area (TPSA) is 20.9 Å². The third kappa shape index (κ3) is 3.71. The minimum atomic E-state index is -0.286. The van der Waals surface area contributed by atoms with Crippen LogP contribution in [-0.2, 0) is 18.4 Å². The Hall–Kier alpha value is -5.28. The van der Waals surface area contributed by atoms with E-state index >= 15 is 0 Å². The van der Waals surface area contributed by atoms with Gasteiger partial charge >= 0.3 is 0 Å². The summed E-state index contributed by atoms with van der Waals surface area (Å²) < 4.78 is 12.6. The van der Waals surface area contributed by atoms with Crippen molar-refractivity contribution in [2.45, 2.75) is 78.8 Å². The molecule has 52 heavy (non-hydrogen) atoms. The zero-order chi connectivity index (χ0) is 35.4. The fraction of sp³-hybridized carbons (Fsp3) is 0.265. The summed E-state index contributed by atoms with van der Waals surface area (Å²) in [6, 6.07) is 34.8. The number of furan rings is 1. The Labute approximate surface area is 305 Å². The van der Waals surface area contributed by atoms with Crippen molar-refractivity contribution in [2.75, 3.05) is 0 Å². The normalized spacial score (nSPS) is 20.6. The molecule has 3 unspecified atom stereocenters. The molecular formula is C49H44N2O+2. The summed E-state index contributed by atoms with van der Waals surface area (Å²) in [5, 5.41) is 2.43. The third-order valence-corrected chi connectivity index (χ3v) is 13.0. The van der Waals surface area contributed by atoms with Gasteiger partial charge in [0.15, 0.2) is 12.4 Å². The number of nitrogens with zero attached hydrogens (tertiary/aromatic N) is 2. The molecular weight excluding hydrogens is 633 g/mol. The van der Waals surface area contributed by atoms with Crippen molar-refractivity contribution in [2.24, 2.45) is 5.41 Å². The van der Waals surface area contributed by atoms with Gasteiger partial charge in [-0.3, -0.25) is 0 Å². The lowest BCUT2D eigenvalue weighted by atomic mass is 9.83. The molecule has 7 aromatic rings. The molecule has 11 rings (SSSR count). The lowest BCUT2D eigenvalue weighted by molar-refractivity contribution is -0.772. The molecule has 4 aliphatic rings. The number of fused-ring (bicyclic) bond motifs is 19.